The first-order chi connectivity index (χ1) is 21.2. The Labute approximate surface area is 243 Å². The highest BCUT2D eigenvalue weighted by atomic mass is 16.4. The van der Waals surface area contributed by atoms with E-state index in [0.29, 0.717) is 45.1 Å². The number of hydrogen-bond donors (Lipinski definition) is 0. The van der Waals surface area contributed by atoms with Crippen molar-refractivity contribution in [3.8, 4) is 28.7 Å². The van der Waals surface area contributed by atoms with Gasteiger partial charge in [-0.1, -0.05) is 97.1 Å². The zero-order chi connectivity index (χ0) is 28.5. The Morgan fingerprint density at radius 1 is 0.535 bits per heavy atom. The zero-order valence-corrected chi connectivity index (χ0v) is 22.5. The maximum Gasteiger partial charge on any atom is 0.310 e. The van der Waals surface area contributed by atoms with Gasteiger partial charge in [0.05, 0.1) is 21.9 Å². The van der Waals surface area contributed by atoms with Crippen molar-refractivity contribution in [1.29, 1.82) is 0 Å². The van der Waals surface area contributed by atoms with Crippen molar-refractivity contribution in [3.05, 3.63) is 132 Å². The molecular formula is C35H20N6O2. The fourth-order valence-corrected chi connectivity index (χ4v) is 5.88. The minimum atomic E-state index is -0.200. The summed E-state index contributed by atoms with van der Waals surface area (Å²) in [5, 5.41) is 2.33. The van der Waals surface area contributed by atoms with E-state index in [1.807, 2.05) is 120 Å². The Kier molecular flexibility index (Phi) is 4.89. The minimum absolute atomic E-state index is 0.200. The van der Waals surface area contributed by atoms with E-state index in [9.17, 15) is 4.79 Å². The third-order valence-corrected chi connectivity index (χ3v) is 7.83. The van der Waals surface area contributed by atoms with Crippen LogP contribution in [0.1, 0.15) is 0 Å². The molecule has 0 saturated carbocycles. The molecule has 0 saturated heterocycles. The van der Waals surface area contributed by atoms with Crippen LogP contribution in [-0.4, -0.2) is 28.9 Å². The van der Waals surface area contributed by atoms with Gasteiger partial charge in [-0.3, -0.25) is 9.36 Å². The zero-order valence-electron chi connectivity index (χ0n) is 22.5. The van der Waals surface area contributed by atoms with Crippen LogP contribution in [0.5, 0.6) is 0 Å². The highest BCUT2D eigenvalue weighted by Crippen LogP contribution is 2.36. The quantitative estimate of drug-likeness (QED) is 0.228. The van der Waals surface area contributed by atoms with E-state index in [-0.39, 0.29) is 11.4 Å². The first kappa shape index (κ1) is 23.5. The molecule has 0 unspecified atom stereocenters. The Morgan fingerprint density at radius 3 is 1.86 bits per heavy atom. The molecule has 0 aliphatic carbocycles. The van der Waals surface area contributed by atoms with Crippen molar-refractivity contribution in [2.45, 2.75) is 0 Å². The summed E-state index contributed by atoms with van der Waals surface area (Å²) in [6, 6.07) is 39.1. The van der Waals surface area contributed by atoms with Gasteiger partial charge < -0.3 is 4.42 Å². The molecule has 8 heteroatoms. The van der Waals surface area contributed by atoms with Gasteiger partial charge in [0.1, 0.15) is 5.52 Å². The van der Waals surface area contributed by atoms with Gasteiger partial charge in [-0.15, -0.1) is 0 Å². The lowest BCUT2D eigenvalue weighted by atomic mass is 10.1. The SMILES string of the molecule is O=c1c2ccc3c4ccccc4n(-c4nc(-c5ccccc5)nc(-c5ccccc5)n4)c3c2oc2nc3ccccc3n12. The second-order valence-corrected chi connectivity index (χ2v) is 10.3. The van der Waals surface area contributed by atoms with E-state index in [0.717, 1.165) is 27.4 Å². The molecule has 0 N–H and O–H groups in total. The summed E-state index contributed by atoms with van der Waals surface area (Å²) >= 11 is 0. The Hall–Kier alpha value is -6.15. The first-order valence-corrected chi connectivity index (χ1v) is 13.9. The van der Waals surface area contributed by atoms with Gasteiger partial charge in [-0.2, -0.15) is 15.0 Å². The van der Waals surface area contributed by atoms with Crippen molar-refractivity contribution in [1.82, 2.24) is 28.9 Å². The summed E-state index contributed by atoms with van der Waals surface area (Å²) in [5.74, 6) is 1.73. The smallest absolute Gasteiger partial charge is 0.310 e. The molecule has 9 aromatic rings. The molecule has 4 aromatic heterocycles. The number of hydrogen-bond acceptors (Lipinski definition) is 6. The van der Waals surface area contributed by atoms with Gasteiger partial charge in [0.25, 0.3) is 5.56 Å². The van der Waals surface area contributed by atoms with Crippen LogP contribution in [0.3, 0.4) is 0 Å². The molecule has 0 fully saturated rings. The molecule has 9 rings (SSSR count). The Bertz CT molecular complexity index is 2530. The van der Waals surface area contributed by atoms with Gasteiger partial charge >= 0.3 is 5.84 Å². The number of fused-ring (bicyclic) bond motifs is 8. The predicted octanol–water partition coefficient (Wildman–Crippen LogP) is 7.21. The average Bonchev–Trinajstić information content (AvgIpc) is 3.62. The summed E-state index contributed by atoms with van der Waals surface area (Å²) in [7, 11) is 0. The number of aromatic nitrogens is 6. The number of para-hydroxylation sites is 3. The van der Waals surface area contributed by atoms with E-state index in [4.69, 9.17) is 19.4 Å². The lowest BCUT2D eigenvalue weighted by Gasteiger charge is -2.11. The summed E-state index contributed by atoms with van der Waals surface area (Å²) in [5.41, 5.74) is 4.91. The molecule has 0 bridgehead atoms. The molecule has 202 valence electrons. The molecule has 4 heterocycles. The molecule has 0 amide bonds. The molecule has 0 spiro atoms. The number of benzene rings is 5. The van der Waals surface area contributed by atoms with Crippen molar-refractivity contribution in [2.24, 2.45) is 0 Å². The molecule has 0 aliphatic heterocycles. The fourth-order valence-electron chi connectivity index (χ4n) is 5.88. The highest BCUT2D eigenvalue weighted by molar-refractivity contribution is 6.16. The van der Waals surface area contributed by atoms with Gasteiger partial charge in [0, 0.05) is 21.9 Å². The van der Waals surface area contributed by atoms with E-state index < -0.39 is 0 Å². The maximum atomic E-state index is 14.0. The van der Waals surface area contributed by atoms with E-state index in [2.05, 4.69) is 11.1 Å². The van der Waals surface area contributed by atoms with Crippen LogP contribution in [0.25, 0.3) is 78.4 Å². The second kappa shape index (κ2) is 8.92. The summed E-state index contributed by atoms with van der Waals surface area (Å²) in [6.45, 7) is 0. The lowest BCUT2D eigenvalue weighted by molar-refractivity contribution is 0.618. The van der Waals surface area contributed by atoms with Gasteiger partial charge in [-0.25, -0.2) is 9.38 Å². The monoisotopic (exact) mass is 556 g/mol. The van der Waals surface area contributed by atoms with Crippen LogP contribution < -0.4 is 5.56 Å². The van der Waals surface area contributed by atoms with Gasteiger partial charge in [0.15, 0.2) is 17.2 Å². The largest absolute Gasteiger partial charge is 0.422 e. The third kappa shape index (κ3) is 3.47. The van der Waals surface area contributed by atoms with Gasteiger partial charge in [-0.05, 0) is 24.3 Å². The molecule has 43 heavy (non-hydrogen) atoms. The molecule has 5 aromatic carbocycles. The topological polar surface area (TPSA) is 91.1 Å². The van der Waals surface area contributed by atoms with Crippen LogP contribution in [0, 0.1) is 0 Å². The summed E-state index contributed by atoms with van der Waals surface area (Å²) < 4.78 is 10.0. The molecule has 0 atom stereocenters. The summed E-state index contributed by atoms with van der Waals surface area (Å²) in [4.78, 5) is 33.5. The first-order valence-electron chi connectivity index (χ1n) is 13.9. The van der Waals surface area contributed by atoms with Crippen LogP contribution >= 0.6 is 0 Å². The van der Waals surface area contributed by atoms with Crippen LogP contribution in [0.15, 0.2) is 131 Å². The van der Waals surface area contributed by atoms with E-state index in [1.54, 1.807) is 0 Å². The average molecular weight is 557 g/mol. The van der Waals surface area contributed by atoms with Gasteiger partial charge in [0.2, 0.25) is 5.95 Å². The summed E-state index contributed by atoms with van der Waals surface area (Å²) in [6.07, 6.45) is 0. The minimum Gasteiger partial charge on any atom is -0.422 e. The molecule has 0 aliphatic rings. The van der Waals surface area contributed by atoms with Crippen molar-refractivity contribution < 1.29 is 4.42 Å². The third-order valence-electron chi connectivity index (χ3n) is 7.83. The Morgan fingerprint density at radius 2 is 1.14 bits per heavy atom. The van der Waals surface area contributed by atoms with E-state index >= 15 is 0 Å². The standard InChI is InChI=1S/C35H20N6O2/c42-33-25-20-19-24-23-15-7-9-17-27(23)40(29(24)30(25)43-35-36-26-16-8-10-18-28(26)41(33)35)34-38-31(21-11-3-1-4-12-21)37-32(39-34)22-13-5-2-6-14-22/h1-20H. The highest BCUT2D eigenvalue weighted by Gasteiger charge is 2.22. The lowest BCUT2D eigenvalue weighted by Crippen LogP contribution is -2.13. The van der Waals surface area contributed by atoms with Crippen LogP contribution in [0.2, 0.25) is 0 Å². The molecule has 0 radical (unpaired) electrons. The normalized spacial score (nSPS) is 11.8. The van der Waals surface area contributed by atoms with Crippen molar-refractivity contribution >= 4 is 49.7 Å². The van der Waals surface area contributed by atoms with Crippen molar-refractivity contribution in [3.63, 3.8) is 0 Å². The number of nitrogens with zero attached hydrogens (tertiary/aromatic N) is 6. The fraction of sp³-hybridized carbons (Fsp3) is 0. The Balaban J connectivity index is 1.44. The number of rotatable bonds is 3. The predicted molar refractivity (Wildman–Crippen MR) is 167 cm³/mol. The maximum absolute atomic E-state index is 14.0. The second-order valence-electron chi connectivity index (χ2n) is 10.3. The van der Waals surface area contributed by atoms with Crippen LogP contribution in [-0.2, 0) is 0 Å². The number of imidazole rings is 1. The molecular weight excluding hydrogens is 536 g/mol. The van der Waals surface area contributed by atoms with Crippen LogP contribution in [0.4, 0.5) is 0 Å². The molecule has 8 nitrogen and oxygen atoms in total. The van der Waals surface area contributed by atoms with E-state index in [1.165, 1.54) is 4.40 Å². The van der Waals surface area contributed by atoms with Crippen molar-refractivity contribution in [2.75, 3.05) is 0 Å².